The first-order valence-electron chi connectivity index (χ1n) is 4.56. The fourth-order valence-electron chi connectivity index (χ4n) is 1.24. The van der Waals surface area contributed by atoms with Gasteiger partial charge in [0.2, 0.25) is 0 Å². The van der Waals surface area contributed by atoms with Crippen LogP contribution in [-0.4, -0.2) is 3.92 Å². The Morgan fingerprint density at radius 2 is 2.38 bits per heavy atom. The number of allylic oxidation sites excluding steroid dienone is 8. The second-order valence-electron chi connectivity index (χ2n) is 3.15. The van der Waals surface area contributed by atoms with Crippen molar-refractivity contribution >= 4 is 22.6 Å². The lowest BCUT2D eigenvalue weighted by Crippen LogP contribution is -1.97. The highest BCUT2D eigenvalue weighted by Crippen LogP contribution is 2.22. The second-order valence-corrected chi connectivity index (χ2v) is 4.75. The van der Waals surface area contributed by atoms with Gasteiger partial charge in [0.25, 0.3) is 0 Å². The second kappa shape index (κ2) is 5.43. The molecule has 0 aromatic carbocycles. The van der Waals surface area contributed by atoms with Crippen LogP contribution in [0.25, 0.3) is 0 Å². The van der Waals surface area contributed by atoms with Gasteiger partial charge in [0.15, 0.2) is 0 Å². The molecule has 0 radical (unpaired) electrons. The highest BCUT2D eigenvalue weighted by Gasteiger charge is 2.05. The van der Waals surface area contributed by atoms with Crippen LogP contribution in [-0.2, 0) is 0 Å². The largest absolute Gasteiger partial charge is 0.0877 e. The summed E-state index contributed by atoms with van der Waals surface area (Å²) in [6, 6.07) is 0. The zero-order chi connectivity index (χ0) is 9.68. The monoisotopic (exact) mass is 286 g/mol. The van der Waals surface area contributed by atoms with Gasteiger partial charge in [0, 0.05) is 3.92 Å². The molecule has 0 fully saturated rings. The molecular formula is C12H15I. The summed E-state index contributed by atoms with van der Waals surface area (Å²) in [4.78, 5) is 0. The summed E-state index contributed by atoms with van der Waals surface area (Å²) in [5, 5.41) is 0. The van der Waals surface area contributed by atoms with Crippen LogP contribution in [0, 0.1) is 0 Å². The summed E-state index contributed by atoms with van der Waals surface area (Å²) in [5.41, 5.74) is 2.71. The van der Waals surface area contributed by atoms with E-state index in [-0.39, 0.29) is 0 Å². The predicted molar refractivity (Wildman–Crippen MR) is 68.2 cm³/mol. The molecule has 0 heterocycles. The van der Waals surface area contributed by atoms with E-state index in [0.29, 0.717) is 3.92 Å². The molecule has 0 bridgehead atoms. The minimum Gasteiger partial charge on any atom is -0.0877 e. The predicted octanol–water partition coefficient (Wildman–Crippen LogP) is 4.20. The molecule has 1 heteroatoms. The smallest absolute Gasteiger partial charge is 0.0332 e. The molecule has 0 unspecified atom stereocenters. The van der Waals surface area contributed by atoms with Crippen LogP contribution in [0.2, 0.25) is 0 Å². The van der Waals surface area contributed by atoms with Crippen molar-refractivity contribution in [3.05, 3.63) is 47.6 Å². The Labute approximate surface area is 94.3 Å². The van der Waals surface area contributed by atoms with E-state index in [0.717, 1.165) is 0 Å². The Hall–Kier alpha value is -0.310. The molecular weight excluding hydrogens is 271 g/mol. The number of rotatable bonds is 2. The zero-order valence-corrected chi connectivity index (χ0v) is 10.3. The van der Waals surface area contributed by atoms with Gasteiger partial charge in [-0.2, -0.15) is 0 Å². The molecule has 1 aliphatic carbocycles. The maximum atomic E-state index is 2.47. The molecule has 0 saturated carbocycles. The first-order chi connectivity index (χ1) is 6.24. The molecule has 1 aliphatic rings. The molecule has 0 aliphatic heterocycles. The van der Waals surface area contributed by atoms with Crippen molar-refractivity contribution < 1.29 is 0 Å². The van der Waals surface area contributed by atoms with Crippen molar-refractivity contribution in [3.63, 3.8) is 0 Å². The fraction of sp³-hybridized carbons (Fsp3) is 0.333. The van der Waals surface area contributed by atoms with Gasteiger partial charge in [-0.05, 0) is 31.4 Å². The lowest BCUT2D eigenvalue weighted by molar-refractivity contribution is 1.07. The Kier molecular flexibility index (Phi) is 4.50. The van der Waals surface area contributed by atoms with E-state index in [9.17, 15) is 0 Å². The summed E-state index contributed by atoms with van der Waals surface area (Å²) in [7, 11) is 0. The lowest BCUT2D eigenvalue weighted by Gasteiger charge is -2.11. The van der Waals surface area contributed by atoms with Gasteiger partial charge >= 0.3 is 0 Å². The number of halogens is 1. The topological polar surface area (TPSA) is 0 Å². The number of alkyl halides is 1. The summed E-state index contributed by atoms with van der Waals surface area (Å²) in [6.07, 6.45) is 14.3. The van der Waals surface area contributed by atoms with Crippen LogP contribution in [0.5, 0.6) is 0 Å². The van der Waals surface area contributed by atoms with Crippen molar-refractivity contribution in [3.8, 4) is 0 Å². The maximum absolute atomic E-state index is 2.47. The molecule has 0 aromatic rings. The third kappa shape index (κ3) is 3.51. The van der Waals surface area contributed by atoms with Crippen molar-refractivity contribution in [2.75, 3.05) is 0 Å². The third-order valence-corrected chi connectivity index (χ3v) is 2.88. The summed E-state index contributed by atoms with van der Waals surface area (Å²) >= 11 is 2.47. The molecule has 1 atom stereocenters. The maximum Gasteiger partial charge on any atom is 0.0332 e. The average Bonchev–Trinajstić information content (AvgIpc) is 2.14. The Morgan fingerprint density at radius 3 is 3.00 bits per heavy atom. The van der Waals surface area contributed by atoms with E-state index in [1.54, 1.807) is 0 Å². The van der Waals surface area contributed by atoms with E-state index in [1.807, 2.05) is 6.92 Å². The number of hydrogen-bond donors (Lipinski definition) is 0. The molecule has 1 rings (SSSR count). The standard InChI is InChI=1S/C12H15I/c1-3-4-6-10(2)11-7-5-8-12(13)9-11/h3-7,9,12H,8H2,1-2H3/b4-3-,10-6+/t12-/m1/s1. The molecule has 70 valence electrons. The normalized spacial score (nSPS) is 23.8. The Bertz CT molecular complexity index is 279. The minimum atomic E-state index is 0.659. The highest BCUT2D eigenvalue weighted by molar-refractivity contribution is 14.1. The van der Waals surface area contributed by atoms with E-state index in [4.69, 9.17) is 0 Å². The molecule has 13 heavy (non-hydrogen) atoms. The van der Waals surface area contributed by atoms with E-state index < -0.39 is 0 Å². The summed E-state index contributed by atoms with van der Waals surface area (Å²) in [6.45, 7) is 4.20. The molecule has 0 N–H and O–H groups in total. The summed E-state index contributed by atoms with van der Waals surface area (Å²) < 4.78 is 0.659. The first-order valence-corrected chi connectivity index (χ1v) is 5.81. The molecule has 0 spiro atoms. The molecule has 0 amide bonds. The van der Waals surface area contributed by atoms with Crippen molar-refractivity contribution in [1.29, 1.82) is 0 Å². The SMILES string of the molecule is C/C=C\C=C(/C)C1=C[C@H](I)CC=C1. The van der Waals surface area contributed by atoms with Gasteiger partial charge in [-0.15, -0.1) is 0 Å². The van der Waals surface area contributed by atoms with Gasteiger partial charge < -0.3 is 0 Å². The Morgan fingerprint density at radius 1 is 1.62 bits per heavy atom. The van der Waals surface area contributed by atoms with Crippen LogP contribution < -0.4 is 0 Å². The highest BCUT2D eigenvalue weighted by atomic mass is 127. The third-order valence-electron chi connectivity index (χ3n) is 2.01. The molecule has 0 aromatic heterocycles. The number of hydrogen-bond acceptors (Lipinski definition) is 0. The van der Waals surface area contributed by atoms with Crippen LogP contribution in [0.1, 0.15) is 20.3 Å². The van der Waals surface area contributed by atoms with Gasteiger partial charge in [0.05, 0.1) is 0 Å². The quantitative estimate of drug-likeness (QED) is 0.405. The van der Waals surface area contributed by atoms with Crippen LogP contribution in [0.4, 0.5) is 0 Å². The summed E-state index contributed by atoms with van der Waals surface area (Å²) in [5.74, 6) is 0. The van der Waals surface area contributed by atoms with Crippen molar-refractivity contribution in [2.24, 2.45) is 0 Å². The lowest BCUT2D eigenvalue weighted by atomic mass is 10.0. The van der Waals surface area contributed by atoms with Gasteiger partial charge in [-0.3, -0.25) is 0 Å². The first kappa shape index (κ1) is 10.8. The van der Waals surface area contributed by atoms with Gasteiger partial charge in [0.1, 0.15) is 0 Å². The zero-order valence-electron chi connectivity index (χ0n) is 8.13. The van der Waals surface area contributed by atoms with E-state index in [2.05, 4.69) is 66.0 Å². The molecule has 0 saturated heterocycles. The minimum absolute atomic E-state index is 0.659. The van der Waals surface area contributed by atoms with Crippen molar-refractivity contribution in [1.82, 2.24) is 0 Å². The van der Waals surface area contributed by atoms with Crippen LogP contribution in [0.3, 0.4) is 0 Å². The molecule has 0 nitrogen and oxygen atoms in total. The van der Waals surface area contributed by atoms with Crippen LogP contribution in [0.15, 0.2) is 47.6 Å². The van der Waals surface area contributed by atoms with E-state index in [1.165, 1.54) is 17.6 Å². The van der Waals surface area contributed by atoms with E-state index >= 15 is 0 Å². The Balaban J connectivity index is 2.76. The van der Waals surface area contributed by atoms with Gasteiger partial charge in [-0.25, -0.2) is 0 Å². The van der Waals surface area contributed by atoms with Crippen LogP contribution >= 0.6 is 22.6 Å². The van der Waals surface area contributed by atoms with Gasteiger partial charge in [-0.1, -0.05) is 59.0 Å². The average molecular weight is 286 g/mol. The van der Waals surface area contributed by atoms with Crippen molar-refractivity contribution in [2.45, 2.75) is 24.2 Å². The fourth-order valence-corrected chi connectivity index (χ4v) is 1.92.